The standard InChI is InChI=1S/C17H20N2O3/c1-4-22-16-6-5-11(2)7-14(16)12(3)19-17(21)15-8-13(10-20)9-18-15/h5-10,12,18H,4H2,1-3H3,(H,19,21). The normalized spacial score (nSPS) is 11.8. The van der Waals surface area contributed by atoms with E-state index in [1.807, 2.05) is 39.0 Å². The van der Waals surface area contributed by atoms with Crippen LogP contribution in [-0.4, -0.2) is 23.8 Å². The van der Waals surface area contributed by atoms with Gasteiger partial charge in [0.2, 0.25) is 0 Å². The van der Waals surface area contributed by atoms with Gasteiger partial charge >= 0.3 is 0 Å². The SMILES string of the molecule is CCOc1ccc(C)cc1C(C)NC(=O)c1cc(C=O)c[nH]1. The van der Waals surface area contributed by atoms with Crippen molar-refractivity contribution >= 4 is 12.2 Å². The van der Waals surface area contributed by atoms with E-state index in [4.69, 9.17) is 4.74 Å². The van der Waals surface area contributed by atoms with Gasteiger partial charge in [0.05, 0.1) is 12.6 Å². The van der Waals surface area contributed by atoms with Crippen LogP contribution in [0.4, 0.5) is 0 Å². The van der Waals surface area contributed by atoms with E-state index in [-0.39, 0.29) is 11.9 Å². The van der Waals surface area contributed by atoms with Gasteiger partial charge in [-0.25, -0.2) is 0 Å². The Bertz CT molecular complexity index is 676. The van der Waals surface area contributed by atoms with Crippen LogP contribution in [0.3, 0.4) is 0 Å². The van der Waals surface area contributed by atoms with Crippen LogP contribution in [0.15, 0.2) is 30.5 Å². The molecule has 0 saturated carbocycles. The number of ether oxygens (including phenoxy) is 1. The van der Waals surface area contributed by atoms with Crippen molar-refractivity contribution in [1.29, 1.82) is 0 Å². The number of nitrogens with one attached hydrogen (secondary N) is 2. The van der Waals surface area contributed by atoms with Crippen molar-refractivity contribution in [2.75, 3.05) is 6.61 Å². The van der Waals surface area contributed by atoms with Gasteiger partial charge in [0, 0.05) is 17.3 Å². The number of aryl methyl sites for hydroxylation is 1. The summed E-state index contributed by atoms with van der Waals surface area (Å²) < 4.78 is 5.62. The van der Waals surface area contributed by atoms with Gasteiger partial charge in [-0.15, -0.1) is 0 Å². The van der Waals surface area contributed by atoms with E-state index in [0.29, 0.717) is 24.2 Å². The van der Waals surface area contributed by atoms with Crippen LogP contribution in [0.1, 0.15) is 51.9 Å². The zero-order chi connectivity index (χ0) is 16.1. The quantitative estimate of drug-likeness (QED) is 0.806. The summed E-state index contributed by atoms with van der Waals surface area (Å²) in [5, 5.41) is 2.91. The second kappa shape index (κ2) is 6.93. The third-order valence-corrected chi connectivity index (χ3v) is 3.37. The van der Waals surface area contributed by atoms with Crippen LogP contribution in [0.5, 0.6) is 5.75 Å². The summed E-state index contributed by atoms with van der Waals surface area (Å²) in [4.78, 5) is 25.7. The molecule has 5 heteroatoms. The molecule has 1 atom stereocenters. The molecular formula is C17H20N2O3. The van der Waals surface area contributed by atoms with E-state index in [1.54, 1.807) is 0 Å². The van der Waals surface area contributed by atoms with Gasteiger partial charge in [0.1, 0.15) is 11.4 Å². The zero-order valence-electron chi connectivity index (χ0n) is 13.0. The lowest BCUT2D eigenvalue weighted by atomic mass is 10.0. The molecule has 5 nitrogen and oxygen atoms in total. The van der Waals surface area contributed by atoms with E-state index in [9.17, 15) is 9.59 Å². The number of hydrogen-bond donors (Lipinski definition) is 2. The molecule has 0 saturated heterocycles. The van der Waals surface area contributed by atoms with Gasteiger partial charge in [-0.3, -0.25) is 9.59 Å². The predicted octanol–water partition coefficient (Wildman–Crippen LogP) is 3.03. The van der Waals surface area contributed by atoms with E-state index in [2.05, 4.69) is 10.3 Å². The number of aromatic amines is 1. The molecule has 1 unspecified atom stereocenters. The van der Waals surface area contributed by atoms with Crippen LogP contribution in [0.2, 0.25) is 0 Å². The molecule has 0 aliphatic carbocycles. The maximum atomic E-state index is 12.2. The van der Waals surface area contributed by atoms with Crippen molar-refractivity contribution in [3.8, 4) is 5.75 Å². The Balaban J connectivity index is 2.17. The minimum atomic E-state index is -0.260. The monoisotopic (exact) mass is 300 g/mol. The number of H-pyrrole nitrogens is 1. The first-order valence-electron chi connectivity index (χ1n) is 7.23. The number of carbonyl (C=O) groups is 2. The first-order chi connectivity index (χ1) is 10.5. The molecule has 0 bridgehead atoms. The van der Waals surface area contributed by atoms with Crippen molar-refractivity contribution in [3.05, 3.63) is 52.8 Å². The van der Waals surface area contributed by atoms with E-state index in [0.717, 1.165) is 16.9 Å². The van der Waals surface area contributed by atoms with E-state index < -0.39 is 0 Å². The van der Waals surface area contributed by atoms with Crippen molar-refractivity contribution in [2.24, 2.45) is 0 Å². The van der Waals surface area contributed by atoms with Crippen LogP contribution in [-0.2, 0) is 0 Å². The van der Waals surface area contributed by atoms with Crippen molar-refractivity contribution in [2.45, 2.75) is 26.8 Å². The van der Waals surface area contributed by atoms with Gasteiger partial charge in [-0.05, 0) is 32.9 Å². The Hall–Kier alpha value is -2.56. The average molecular weight is 300 g/mol. The molecule has 1 aromatic carbocycles. The molecular weight excluding hydrogens is 280 g/mol. The van der Waals surface area contributed by atoms with Crippen molar-refractivity contribution in [3.63, 3.8) is 0 Å². The van der Waals surface area contributed by atoms with Gasteiger partial charge in [-0.2, -0.15) is 0 Å². The number of aldehydes is 1. The lowest BCUT2D eigenvalue weighted by molar-refractivity contribution is 0.0935. The predicted molar refractivity (Wildman–Crippen MR) is 84.4 cm³/mol. The highest BCUT2D eigenvalue weighted by Crippen LogP contribution is 2.26. The highest BCUT2D eigenvalue weighted by molar-refractivity contribution is 5.94. The molecule has 0 radical (unpaired) electrons. The number of carbonyl (C=O) groups excluding carboxylic acids is 2. The number of benzene rings is 1. The summed E-state index contributed by atoms with van der Waals surface area (Å²) in [6.45, 7) is 6.39. The highest BCUT2D eigenvalue weighted by Gasteiger charge is 2.16. The van der Waals surface area contributed by atoms with E-state index in [1.165, 1.54) is 12.3 Å². The maximum Gasteiger partial charge on any atom is 0.268 e. The molecule has 1 amide bonds. The largest absolute Gasteiger partial charge is 0.494 e. The molecule has 0 spiro atoms. The van der Waals surface area contributed by atoms with Gasteiger partial charge in [-0.1, -0.05) is 17.7 Å². The van der Waals surface area contributed by atoms with Crippen LogP contribution in [0.25, 0.3) is 0 Å². The molecule has 0 aliphatic heterocycles. The topological polar surface area (TPSA) is 71.2 Å². The fourth-order valence-electron chi connectivity index (χ4n) is 2.26. The number of aromatic nitrogens is 1. The summed E-state index contributed by atoms with van der Waals surface area (Å²) in [6.07, 6.45) is 2.20. The number of amides is 1. The molecule has 22 heavy (non-hydrogen) atoms. The summed E-state index contributed by atoms with van der Waals surface area (Å²) in [5.74, 6) is 0.505. The van der Waals surface area contributed by atoms with Crippen LogP contribution < -0.4 is 10.1 Å². The Morgan fingerprint density at radius 2 is 2.18 bits per heavy atom. The Morgan fingerprint density at radius 3 is 2.82 bits per heavy atom. The molecule has 1 heterocycles. The second-order valence-corrected chi connectivity index (χ2v) is 5.13. The molecule has 2 rings (SSSR count). The average Bonchev–Trinajstić information content (AvgIpc) is 2.98. The second-order valence-electron chi connectivity index (χ2n) is 5.13. The Morgan fingerprint density at radius 1 is 1.41 bits per heavy atom. The molecule has 116 valence electrons. The molecule has 0 fully saturated rings. The third-order valence-electron chi connectivity index (χ3n) is 3.37. The smallest absolute Gasteiger partial charge is 0.268 e. The first-order valence-corrected chi connectivity index (χ1v) is 7.23. The fourth-order valence-corrected chi connectivity index (χ4v) is 2.26. The number of rotatable bonds is 6. The van der Waals surface area contributed by atoms with Crippen LogP contribution in [0, 0.1) is 6.92 Å². The molecule has 0 aliphatic rings. The van der Waals surface area contributed by atoms with Gasteiger partial charge < -0.3 is 15.0 Å². The van der Waals surface area contributed by atoms with Crippen molar-refractivity contribution in [1.82, 2.24) is 10.3 Å². The molecule has 2 aromatic rings. The Labute approximate surface area is 129 Å². The van der Waals surface area contributed by atoms with Gasteiger partial charge in [0.15, 0.2) is 6.29 Å². The Kier molecular flexibility index (Phi) is 4.99. The molecule has 1 aromatic heterocycles. The zero-order valence-corrected chi connectivity index (χ0v) is 13.0. The maximum absolute atomic E-state index is 12.2. The van der Waals surface area contributed by atoms with Crippen LogP contribution >= 0.6 is 0 Å². The summed E-state index contributed by atoms with van der Waals surface area (Å²) >= 11 is 0. The van der Waals surface area contributed by atoms with Gasteiger partial charge in [0.25, 0.3) is 5.91 Å². The number of hydrogen-bond acceptors (Lipinski definition) is 3. The fraction of sp³-hybridized carbons (Fsp3) is 0.294. The lowest BCUT2D eigenvalue weighted by Crippen LogP contribution is -2.27. The minimum absolute atomic E-state index is 0.211. The van der Waals surface area contributed by atoms with Crippen molar-refractivity contribution < 1.29 is 14.3 Å². The first kappa shape index (κ1) is 15.8. The summed E-state index contributed by atoms with van der Waals surface area (Å²) in [5.41, 5.74) is 2.84. The van der Waals surface area contributed by atoms with E-state index >= 15 is 0 Å². The highest BCUT2D eigenvalue weighted by atomic mass is 16.5. The lowest BCUT2D eigenvalue weighted by Gasteiger charge is -2.18. The molecule has 2 N–H and O–H groups in total. The minimum Gasteiger partial charge on any atom is -0.494 e. The summed E-state index contributed by atoms with van der Waals surface area (Å²) in [6, 6.07) is 7.20. The summed E-state index contributed by atoms with van der Waals surface area (Å²) in [7, 11) is 0. The third kappa shape index (κ3) is 3.55.